The smallest absolute Gasteiger partial charge is 0.408 e. The van der Waals surface area contributed by atoms with Crippen LogP contribution in [0.4, 0.5) is 4.79 Å². The lowest BCUT2D eigenvalue weighted by Gasteiger charge is -2.25. The second-order valence-electron chi connectivity index (χ2n) is 11.2. The maximum atomic E-state index is 13.5. The third-order valence-corrected chi connectivity index (χ3v) is 6.94. The van der Waals surface area contributed by atoms with Gasteiger partial charge in [-0.3, -0.25) is 13.8 Å². The molecule has 0 saturated carbocycles. The number of hydrogen-bond donors (Lipinski definition) is 3. The molecule has 0 saturated heterocycles. The van der Waals surface area contributed by atoms with Gasteiger partial charge in [0.1, 0.15) is 17.7 Å². The summed E-state index contributed by atoms with van der Waals surface area (Å²) < 4.78 is 34.5. The third kappa shape index (κ3) is 14.1. The summed E-state index contributed by atoms with van der Waals surface area (Å²) in [5.74, 6) is -1.20. The molecule has 0 aromatic heterocycles. The van der Waals surface area contributed by atoms with E-state index in [4.69, 9.17) is 8.92 Å². The van der Waals surface area contributed by atoms with Gasteiger partial charge in [0.05, 0.1) is 12.4 Å². The van der Waals surface area contributed by atoms with Crippen molar-refractivity contribution in [1.82, 2.24) is 16.0 Å². The van der Waals surface area contributed by atoms with E-state index in [-0.39, 0.29) is 44.1 Å². The van der Waals surface area contributed by atoms with Gasteiger partial charge < -0.3 is 20.7 Å². The maximum Gasteiger partial charge on any atom is 0.408 e. The molecule has 0 spiro atoms. The van der Waals surface area contributed by atoms with Crippen molar-refractivity contribution in [3.8, 4) is 0 Å². The molecule has 2 aromatic rings. The van der Waals surface area contributed by atoms with E-state index in [9.17, 15) is 22.8 Å². The van der Waals surface area contributed by atoms with Gasteiger partial charge in [0.2, 0.25) is 11.8 Å². The van der Waals surface area contributed by atoms with Crippen LogP contribution in [0.15, 0.2) is 60.7 Å². The molecule has 3 N–H and O–H groups in total. The molecule has 1 unspecified atom stereocenters. The van der Waals surface area contributed by atoms with Gasteiger partial charge in [-0.2, -0.15) is 8.42 Å². The molecule has 11 heteroatoms. The molecule has 0 heterocycles. The second-order valence-corrected chi connectivity index (χ2v) is 13.0. The number of rotatable bonds is 15. The highest BCUT2D eigenvalue weighted by Crippen LogP contribution is 2.10. The van der Waals surface area contributed by atoms with Crippen molar-refractivity contribution in [1.29, 1.82) is 0 Å². The van der Waals surface area contributed by atoms with E-state index in [1.165, 1.54) is 0 Å². The van der Waals surface area contributed by atoms with Gasteiger partial charge in [0.25, 0.3) is 10.1 Å². The Labute approximate surface area is 243 Å². The molecule has 0 radical (unpaired) electrons. The van der Waals surface area contributed by atoms with Crippen molar-refractivity contribution in [3.05, 3.63) is 71.8 Å². The molecule has 3 amide bonds. The van der Waals surface area contributed by atoms with Crippen molar-refractivity contribution in [2.24, 2.45) is 5.92 Å². The predicted molar refractivity (Wildman–Crippen MR) is 158 cm³/mol. The first-order chi connectivity index (χ1) is 19.2. The lowest BCUT2D eigenvalue weighted by Crippen LogP contribution is -2.55. The van der Waals surface area contributed by atoms with Crippen LogP contribution in [-0.4, -0.2) is 62.9 Å². The topological polar surface area (TPSA) is 140 Å². The molecule has 2 rings (SSSR count). The molecule has 2 aromatic carbocycles. The lowest BCUT2D eigenvalue weighted by molar-refractivity contribution is -0.130. The quantitative estimate of drug-likeness (QED) is 0.214. The van der Waals surface area contributed by atoms with Gasteiger partial charge in [0, 0.05) is 19.4 Å². The number of nitrogens with one attached hydrogen (secondary N) is 3. The first-order valence-electron chi connectivity index (χ1n) is 13.8. The lowest BCUT2D eigenvalue weighted by atomic mass is 10.0. The van der Waals surface area contributed by atoms with Crippen LogP contribution < -0.4 is 16.0 Å². The number of carbonyl (C=O) groups excluding carboxylic acids is 3. The van der Waals surface area contributed by atoms with Crippen LogP contribution in [0.3, 0.4) is 0 Å². The van der Waals surface area contributed by atoms with E-state index in [0.717, 1.165) is 11.1 Å². The standard InChI is InChI=1S/C30H43N3O7S/c1-22(2)21-39-41(37,38)18-12-17-31-27(34)25(19-23-13-8-6-9-14-23)32-28(35)26(20-24-15-10-7-11-16-24)33-29(36)40-30(3,4)5/h6-11,13-16,22,25-26H,12,17-21H2,1-5H3,(H,31,34)(H,32,35)(H,33,36)/t25?,26-/m0/s1. The van der Waals surface area contributed by atoms with Crippen LogP contribution in [0.25, 0.3) is 0 Å². The van der Waals surface area contributed by atoms with E-state index >= 15 is 0 Å². The van der Waals surface area contributed by atoms with Gasteiger partial charge in [-0.25, -0.2) is 4.79 Å². The number of carbonyl (C=O) groups is 3. The molecule has 41 heavy (non-hydrogen) atoms. The number of amides is 3. The van der Waals surface area contributed by atoms with Crippen LogP contribution in [0.5, 0.6) is 0 Å². The van der Waals surface area contributed by atoms with Gasteiger partial charge in [-0.05, 0) is 44.2 Å². The number of benzene rings is 2. The van der Waals surface area contributed by atoms with Crippen molar-refractivity contribution in [2.75, 3.05) is 18.9 Å². The summed E-state index contributed by atoms with van der Waals surface area (Å²) in [7, 11) is -3.70. The Morgan fingerprint density at radius 3 is 1.80 bits per heavy atom. The molecule has 0 bridgehead atoms. The van der Waals surface area contributed by atoms with Crippen molar-refractivity contribution in [2.45, 2.75) is 71.6 Å². The van der Waals surface area contributed by atoms with Crippen molar-refractivity contribution >= 4 is 28.0 Å². The second kappa shape index (κ2) is 16.1. The van der Waals surface area contributed by atoms with Gasteiger partial charge in [0.15, 0.2) is 0 Å². The van der Waals surface area contributed by atoms with Crippen LogP contribution >= 0.6 is 0 Å². The first kappa shape index (κ1) is 33.8. The molecule has 0 aliphatic carbocycles. The van der Waals surface area contributed by atoms with E-state index in [1.807, 2.05) is 74.5 Å². The van der Waals surface area contributed by atoms with Gasteiger partial charge in [-0.1, -0.05) is 74.5 Å². The number of alkyl carbamates (subject to hydrolysis) is 1. The maximum absolute atomic E-state index is 13.5. The fourth-order valence-corrected chi connectivity index (χ4v) is 4.82. The molecule has 2 atom stereocenters. The summed E-state index contributed by atoms with van der Waals surface area (Å²) in [5, 5.41) is 8.13. The molecule has 226 valence electrons. The SMILES string of the molecule is CC(C)COS(=O)(=O)CCCNC(=O)C(Cc1ccccc1)NC(=O)[C@H](Cc1ccccc1)NC(=O)OC(C)(C)C. The summed E-state index contributed by atoms with van der Waals surface area (Å²) >= 11 is 0. The monoisotopic (exact) mass is 589 g/mol. The Hall–Kier alpha value is -3.44. The summed E-state index contributed by atoms with van der Waals surface area (Å²) in [5.41, 5.74) is 0.868. The Balaban J connectivity index is 2.13. The fraction of sp³-hybridized carbons (Fsp3) is 0.500. The van der Waals surface area contributed by atoms with Crippen LogP contribution in [0.1, 0.15) is 52.2 Å². The van der Waals surface area contributed by atoms with Crippen molar-refractivity contribution < 1.29 is 31.7 Å². The van der Waals surface area contributed by atoms with E-state index in [0.29, 0.717) is 0 Å². The highest BCUT2D eigenvalue weighted by Gasteiger charge is 2.29. The zero-order valence-electron chi connectivity index (χ0n) is 24.5. The normalized spacial score (nSPS) is 13.2. The molecule has 0 aliphatic heterocycles. The average Bonchev–Trinajstić information content (AvgIpc) is 2.89. The highest BCUT2D eigenvalue weighted by molar-refractivity contribution is 7.86. The van der Waals surface area contributed by atoms with Crippen LogP contribution in [-0.2, 0) is 41.5 Å². The Morgan fingerprint density at radius 1 is 0.805 bits per heavy atom. The minimum absolute atomic E-state index is 0.0716. The molecular weight excluding hydrogens is 546 g/mol. The highest BCUT2D eigenvalue weighted by atomic mass is 32.2. The molecule has 0 fully saturated rings. The minimum Gasteiger partial charge on any atom is -0.444 e. The molecule has 0 aliphatic rings. The Kier molecular flexibility index (Phi) is 13.3. The van der Waals surface area contributed by atoms with Gasteiger partial charge >= 0.3 is 6.09 Å². The van der Waals surface area contributed by atoms with Gasteiger partial charge in [-0.15, -0.1) is 0 Å². The number of ether oxygens (including phenoxy) is 1. The third-order valence-electron chi connectivity index (χ3n) is 5.66. The summed E-state index contributed by atoms with van der Waals surface area (Å²) in [6, 6.07) is 16.4. The summed E-state index contributed by atoms with van der Waals surface area (Å²) in [4.78, 5) is 39.2. The van der Waals surface area contributed by atoms with Crippen LogP contribution in [0.2, 0.25) is 0 Å². The summed E-state index contributed by atoms with van der Waals surface area (Å²) in [6.45, 7) is 9.05. The van der Waals surface area contributed by atoms with E-state index in [2.05, 4.69) is 16.0 Å². The van der Waals surface area contributed by atoms with Crippen molar-refractivity contribution in [3.63, 3.8) is 0 Å². The Bertz CT molecular complexity index is 1210. The largest absolute Gasteiger partial charge is 0.444 e. The van der Waals surface area contributed by atoms with Crippen LogP contribution in [0, 0.1) is 5.92 Å². The minimum atomic E-state index is -3.70. The first-order valence-corrected chi connectivity index (χ1v) is 15.3. The fourth-order valence-electron chi connectivity index (χ4n) is 3.72. The predicted octanol–water partition coefficient (Wildman–Crippen LogP) is 3.36. The van der Waals surface area contributed by atoms with E-state index in [1.54, 1.807) is 20.8 Å². The zero-order chi connectivity index (χ0) is 30.5. The van der Waals surface area contributed by atoms with E-state index < -0.39 is 45.7 Å². The zero-order valence-corrected chi connectivity index (χ0v) is 25.3. The number of hydrogen-bond acceptors (Lipinski definition) is 7. The molecular formula is C30H43N3O7S. The summed E-state index contributed by atoms with van der Waals surface area (Å²) in [6.07, 6.45) is -0.230. The molecule has 10 nitrogen and oxygen atoms in total. The Morgan fingerprint density at radius 2 is 1.32 bits per heavy atom. The average molecular weight is 590 g/mol.